The van der Waals surface area contributed by atoms with E-state index in [0.29, 0.717) is 13.0 Å². The minimum Gasteiger partial charge on any atom is -0.462 e. The number of methoxy groups -OCH3 is 1. The van der Waals surface area contributed by atoms with Crippen LogP contribution in [0.25, 0.3) is 0 Å². The molecule has 75 valence electrons. The van der Waals surface area contributed by atoms with E-state index in [9.17, 15) is 4.79 Å². The standard InChI is InChI=1S/C10H17O3/c1-12-8-4-7-10(11)13-9-5-2-3-6-9/h7,9H,2-6,8H2,1H3. The van der Waals surface area contributed by atoms with Gasteiger partial charge in [0.25, 0.3) is 0 Å². The van der Waals surface area contributed by atoms with E-state index in [1.807, 2.05) is 0 Å². The molecule has 3 nitrogen and oxygen atoms in total. The number of hydrogen-bond acceptors (Lipinski definition) is 3. The van der Waals surface area contributed by atoms with Crippen LogP contribution in [0.3, 0.4) is 0 Å². The fraction of sp³-hybridized carbons (Fsp3) is 0.800. The highest BCUT2D eigenvalue weighted by Gasteiger charge is 2.18. The highest BCUT2D eigenvalue weighted by molar-refractivity contribution is 5.78. The molecule has 0 unspecified atom stereocenters. The quantitative estimate of drug-likeness (QED) is 0.483. The number of carbonyl (C=O) groups excluding carboxylic acids is 1. The average molecular weight is 185 g/mol. The molecular weight excluding hydrogens is 168 g/mol. The van der Waals surface area contributed by atoms with Gasteiger partial charge in [0.2, 0.25) is 0 Å². The summed E-state index contributed by atoms with van der Waals surface area (Å²) >= 11 is 0. The summed E-state index contributed by atoms with van der Waals surface area (Å²) in [7, 11) is 1.62. The molecule has 0 atom stereocenters. The Morgan fingerprint density at radius 3 is 2.77 bits per heavy atom. The Bertz CT molecular complexity index is 150. The van der Waals surface area contributed by atoms with Crippen molar-refractivity contribution in [1.29, 1.82) is 0 Å². The summed E-state index contributed by atoms with van der Waals surface area (Å²) in [5.74, 6) is -0.191. The molecule has 0 heterocycles. The summed E-state index contributed by atoms with van der Waals surface area (Å²) in [6, 6.07) is 0. The molecule has 0 aliphatic heterocycles. The first-order valence-electron chi connectivity index (χ1n) is 4.85. The van der Waals surface area contributed by atoms with Crippen molar-refractivity contribution in [2.24, 2.45) is 0 Å². The molecule has 0 aromatic heterocycles. The number of ether oxygens (including phenoxy) is 2. The van der Waals surface area contributed by atoms with Crippen LogP contribution in [0.1, 0.15) is 32.1 Å². The predicted octanol–water partition coefficient (Wildman–Crippen LogP) is 1.71. The molecule has 1 fully saturated rings. The van der Waals surface area contributed by atoms with E-state index >= 15 is 0 Å². The normalized spacial score (nSPS) is 17.6. The van der Waals surface area contributed by atoms with Crippen molar-refractivity contribution in [3.8, 4) is 0 Å². The molecule has 1 aliphatic carbocycles. The van der Waals surface area contributed by atoms with Crippen LogP contribution in [-0.4, -0.2) is 25.8 Å². The van der Waals surface area contributed by atoms with E-state index in [1.54, 1.807) is 13.5 Å². The summed E-state index contributed by atoms with van der Waals surface area (Å²) in [5, 5.41) is 0. The Hall–Kier alpha value is -0.570. The van der Waals surface area contributed by atoms with Crippen molar-refractivity contribution in [2.75, 3.05) is 13.7 Å². The zero-order valence-corrected chi connectivity index (χ0v) is 8.12. The van der Waals surface area contributed by atoms with Gasteiger partial charge in [-0.1, -0.05) is 0 Å². The summed E-state index contributed by atoms with van der Waals surface area (Å²) < 4.78 is 10.0. The Balaban J connectivity index is 2.02. The molecule has 0 aromatic carbocycles. The topological polar surface area (TPSA) is 35.5 Å². The van der Waals surface area contributed by atoms with Gasteiger partial charge < -0.3 is 9.47 Å². The van der Waals surface area contributed by atoms with Crippen molar-refractivity contribution in [1.82, 2.24) is 0 Å². The second kappa shape index (κ2) is 5.97. The fourth-order valence-corrected chi connectivity index (χ4v) is 1.51. The van der Waals surface area contributed by atoms with Gasteiger partial charge in [0.05, 0.1) is 6.42 Å². The number of rotatable bonds is 5. The van der Waals surface area contributed by atoms with Gasteiger partial charge in [-0.3, -0.25) is 4.79 Å². The highest BCUT2D eigenvalue weighted by atomic mass is 16.5. The first-order chi connectivity index (χ1) is 6.33. The molecule has 0 spiro atoms. The van der Waals surface area contributed by atoms with Crippen molar-refractivity contribution < 1.29 is 14.3 Å². The third-order valence-electron chi connectivity index (χ3n) is 2.22. The van der Waals surface area contributed by atoms with Crippen LogP contribution in [0.2, 0.25) is 0 Å². The van der Waals surface area contributed by atoms with Crippen molar-refractivity contribution >= 4 is 5.97 Å². The maximum atomic E-state index is 11.1. The summed E-state index contributed by atoms with van der Waals surface area (Å²) in [6.45, 7) is 0.583. The second-order valence-corrected chi connectivity index (χ2v) is 3.33. The van der Waals surface area contributed by atoms with Crippen molar-refractivity contribution in [2.45, 2.75) is 38.2 Å². The molecule has 0 amide bonds. The molecule has 1 radical (unpaired) electrons. The largest absolute Gasteiger partial charge is 0.462 e. The smallest absolute Gasteiger partial charge is 0.310 e. The van der Waals surface area contributed by atoms with Crippen LogP contribution in [0.5, 0.6) is 0 Å². The Labute approximate surface area is 79.4 Å². The molecule has 13 heavy (non-hydrogen) atoms. The van der Waals surface area contributed by atoms with Crippen LogP contribution in [0.4, 0.5) is 0 Å². The molecule has 0 saturated heterocycles. The lowest BCUT2D eigenvalue weighted by Crippen LogP contribution is -2.15. The zero-order chi connectivity index (χ0) is 9.52. The Morgan fingerprint density at radius 1 is 1.46 bits per heavy atom. The molecule has 1 aliphatic rings. The fourth-order valence-electron chi connectivity index (χ4n) is 1.51. The lowest BCUT2D eigenvalue weighted by molar-refractivity contribution is -0.144. The van der Waals surface area contributed by atoms with Gasteiger partial charge in [-0.15, -0.1) is 0 Å². The first kappa shape index (κ1) is 10.5. The van der Waals surface area contributed by atoms with Gasteiger partial charge in [-0.05, 0) is 32.1 Å². The van der Waals surface area contributed by atoms with Gasteiger partial charge in [0, 0.05) is 13.7 Å². The number of esters is 1. The second-order valence-electron chi connectivity index (χ2n) is 3.33. The number of hydrogen-bond donors (Lipinski definition) is 0. The monoisotopic (exact) mass is 185 g/mol. The van der Waals surface area contributed by atoms with E-state index in [0.717, 1.165) is 12.8 Å². The molecule has 3 heteroatoms. The van der Waals surface area contributed by atoms with Crippen LogP contribution in [0.15, 0.2) is 0 Å². The molecule has 0 bridgehead atoms. The number of carbonyl (C=O) groups is 1. The van der Waals surface area contributed by atoms with Crippen LogP contribution < -0.4 is 0 Å². The SMILES string of the molecule is COCC[CH]C(=O)OC1CCCC1. The minimum absolute atomic E-state index is 0.172. The zero-order valence-electron chi connectivity index (χ0n) is 8.12. The Kier molecular flexibility index (Phi) is 4.83. The van der Waals surface area contributed by atoms with Gasteiger partial charge in [0.1, 0.15) is 6.10 Å². The van der Waals surface area contributed by atoms with Crippen molar-refractivity contribution in [3.63, 3.8) is 0 Å². The van der Waals surface area contributed by atoms with Gasteiger partial charge in [0.15, 0.2) is 0 Å². The van der Waals surface area contributed by atoms with Gasteiger partial charge >= 0.3 is 5.97 Å². The van der Waals surface area contributed by atoms with E-state index < -0.39 is 0 Å². The third kappa shape index (κ3) is 4.27. The highest BCUT2D eigenvalue weighted by Crippen LogP contribution is 2.21. The van der Waals surface area contributed by atoms with E-state index in [2.05, 4.69) is 0 Å². The lowest BCUT2D eigenvalue weighted by Gasteiger charge is -2.10. The average Bonchev–Trinajstić information content (AvgIpc) is 2.57. The maximum Gasteiger partial charge on any atom is 0.310 e. The molecule has 1 saturated carbocycles. The maximum absolute atomic E-state index is 11.1. The van der Waals surface area contributed by atoms with E-state index in [1.165, 1.54) is 12.8 Å². The Morgan fingerprint density at radius 2 is 2.15 bits per heavy atom. The molecule has 0 aromatic rings. The molecule has 1 rings (SSSR count). The van der Waals surface area contributed by atoms with Crippen LogP contribution >= 0.6 is 0 Å². The first-order valence-corrected chi connectivity index (χ1v) is 4.85. The summed E-state index contributed by atoms with van der Waals surface area (Å²) in [5.41, 5.74) is 0. The van der Waals surface area contributed by atoms with Gasteiger partial charge in [-0.2, -0.15) is 0 Å². The van der Waals surface area contributed by atoms with E-state index in [-0.39, 0.29) is 12.1 Å². The summed E-state index contributed by atoms with van der Waals surface area (Å²) in [6.07, 6.45) is 6.81. The minimum atomic E-state index is -0.191. The lowest BCUT2D eigenvalue weighted by atomic mass is 10.3. The molecular formula is C10H17O3. The van der Waals surface area contributed by atoms with E-state index in [4.69, 9.17) is 9.47 Å². The van der Waals surface area contributed by atoms with Crippen LogP contribution in [-0.2, 0) is 14.3 Å². The third-order valence-corrected chi connectivity index (χ3v) is 2.22. The summed E-state index contributed by atoms with van der Waals surface area (Å²) in [4.78, 5) is 11.1. The van der Waals surface area contributed by atoms with Crippen molar-refractivity contribution in [3.05, 3.63) is 6.42 Å². The predicted molar refractivity (Wildman–Crippen MR) is 49.1 cm³/mol. The van der Waals surface area contributed by atoms with Crippen LogP contribution in [0, 0.1) is 6.42 Å². The van der Waals surface area contributed by atoms with Gasteiger partial charge in [-0.25, -0.2) is 0 Å². The molecule has 0 N–H and O–H groups in total.